The molecular formula is C18H17BrN4O. The van der Waals surface area contributed by atoms with Crippen molar-refractivity contribution in [2.45, 2.75) is 13.0 Å². The Labute approximate surface area is 148 Å². The molecule has 0 spiro atoms. The highest BCUT2D eigenvalue weighted by Crippen LogP contribution is 2.19. The molecule has 1 N–H and O–H groups in total. The van der Waals surface area contributed by atoms with E-state index >= 15 is 0 Å². The van der Waals surface area contributed by atoms with Crippen molar-refractivity contribution in [3.63, 3.8) is 0 Å². The van der Waals surface area contributed by atoms with Gasteiger partial charge in [-0.15, -0.1) is 0 Å². The van der Waals surface area contributed by atoms with Crippen LogP contribution in [0.5, 0.6) is 0 Å². The summed E-state index contributed by atoms with van der Waals surface area (Å²) in [6.45, 7) is 5.07. The number of allylic oxidation sites excluding steroid dienone is 1. The zero-order chi connectivity index (χ0) is 16.9. The largest absolute Gasteiger partial charge is 0.352 e. The molecule has 3 rings (SSSR count). The molecule has 6 heteroatoms. The first kappa shape index (κ1) is 16.4. The average Bonchev–Trinajstić information content (AvgIpc) is 2.93. The van der Waals surface area contributed by atoms with Crippen LogP contribution in [0.4, 0.5) is 0 Å². The van der Waals surface area contributed by atoms with Gasteiger partial charge in [-0.3, -0.25) is 9.78 Å². The second-order valence-corrected chi connectivity index (χ2v) is 6.49. The highest BCUT2D eigenvalue weighted by Gasteiger charge is 2.11. The molecule has 1 aromatic carbocycles. The van der Waals surface area contributed by atoms with Gasteiger partial charge in [-0.2, -0.15) is 0 Å². The van der Waals surface area contributed by atoms with E-state index in [4.69, 9.17) is 0 Å². The molecule has 24 heavy (non-hydrogen) atoms. The fraction of sp³-hybridized carbons (Fsp3) is 0.167. The van der Waals surface area contributed by atoms with Gasteiger partial charge in [-0.05, 0) is 24.3 Å². The second-order valence-electron chi connectivity index (χ2n) is 5.37. The van der Waals surface area contributed by atoms with Gasteiger partial charge in [0.15, 0.2) is 0 Å². The molecule has 0 saturated carbocycles. The molecule has 0 fully saturated rings. The number of imidazole rings is 1. The summed E-state index contributed by atoms with van der Waals surface area (Å²) >= 11 is 3.42. The van der Waals surface area contributed by atoms with Crippen LogP contribution in [0.25, 0.3) is 11.0 Å². The minimum atomic E-state index is -0.129. The molecule has 0 saturated heterocycles. The number of aromatic nitrogens is 3. The highest BCUT2D eigenvalue weighted by atomic mass is 79.9. The van der Waals surface area contributed by atoms with Crippen LogP contribution >= 0.6 is 15.9 Å². The Kier molecular flexibility index (Phi) is 5.05. The van der Waals surface area contributed by atoms with Gasteiger partial charge in [0.05, 0.1) is 23.1 Å². The molecule has 5 nitrogen and oxygen atoms in total. The van der Waals surface area contributed by atoms with Gasteiger partial charge in [-0.1, -0.05) is 34.6 Å². The normalized spacial score (nSPS) is 10.7. The summed E-state index contributed by atoms with van der Waals surface area (Å²) in [5.74, 6) is 0.791. The summed E-state index contributed by atoms with van der Waals surface area (Å²) < 4.78 is 2.99. The van der Waals surface area contributed by atoms with Gasteiger partial charge in [-0.25, -0.2) is 4.98 Å². The molecule has 0 aliphatic rings. The monoisotopic (exact) mass is 384 g/mol. The minimum absolute atomic E-state index is 0.129. The number of fused-ring (bicyclic) bond motifs is 1. The first-order valence-electron chi connectivity index (χ1n) is 7.61. The zero-order valence-corrected chi connectivity index (χ0v) is 14.7. The van der Waals surface area contributed by atoms with Gasteiger partial charge in [0.25, 0.3) is 5.91 Å². The van der Waals surface area contributed by atoms with E-state index in [0.29, 0.717) is 25.1 Å². The molecular weight excluding hydrogens is 368 g/mol. The lowest BCUT2D eigenvalue weighted by Crippen LogP contribution is -2.26. The number of amides is 1. The second kappa shape index (κ2) is 7.40. The third kappa shape index (κ3) is 3.71. The third-order valence-corrected chi connectivity index (χ3v) is 3.87. The van der Waals surface area contributed by atoms with Gasteiger partial charge in [0.1, 0.15) is 5.82 Å². The van der Waals surface area contributed by atoms with Crippen molar-refractivity contribution in [2.24, 2.45) is 0 Å². The van der Waals surface area contributed by atoms with Crippen LogP contribution in [0.2, 0.25) is 0 Å². The van der Waals surface area contributed by atoms with E-state index < -0.39 is 0 Å². The number of halogens is 1. The molecule has 1 amide bonds. The lowest BCUT2D eigenvalue weighted by Gasteiger charge is -2.09. The first-order valence-corrected chi connectivity index (χ1v) is 8.40. The minimum Gasteiger partial charge on any atom is -0.352 e. The van der Waals surface area contributed by atoms with E-state index in [-0.39, 0.29) is 5.91 Å². The molecule has 2 aromatic heterocycles. The number of nitrogens with zero attached hydrogens (tertiary/aromatic N) is 3. The quantitative estimate of drug-likeness (QED) is 0.708. The Bertz CT molecular complexity index is 873. The first-order chi connectivity index (χ1) is 11.6. The number of carbonyl (C=O) groups is 1. The molecule has 0 atom stereocenters. The van der Waals surface area contributed by atoms with E-state index in [0.717, 1.165) is 21.3 Å². The molecule has 0 unspecified atom stereocenters. The number of pyridine rings is 1. The van der Waals surface area contributed by atoms with Crippen molar-refractivity contribution in [1.29, 1.82) is 0 Å². The molecule has 0 bridgehead atoms. The molecule has 0 aliphatic heterocycles. The van der Waals surface area contributed by atoms with Crippen LogP contribution in [-0.4, -0.2) is 27.0 Å². The SMILES string of the molecule is C=C(Br)Cn1c(CCNC(=O)c2cccnc2)nc2ccccc21. The number of para-hydroxylation sites is 2. The lowest BCUT2D eigenvalue weighted by molar-refractivity contribution is 0.0953. The highest BCUT2D eigenvalue weighted by molar-refractivity contribution is 9.11. The average molecular weight is 385 g/mol. The summed E-state index contributed by atoms with van der Waals surface area (Å²) in [6.07, 6.45) is 3.84. The number of carbonyl (C=O) groups excluding carboxylic acids is 1. The van der Waals surface area contributed by atoms with Crippen LogP contribution in [-0.2, 0) is 13.0 Å². The van der Waals surface area contributed by atoms with E-state index in [9.17, 15) is 4.79 Å². The smallest absolute Gasteiger partial charge is 0.252 e. The van der Waals surface area contributed by atoms with Gasteiger partial charge < -0.3 is 9.88 Å². The predicted octanol–water partition coefficient (Wildman–Crippen LogP) is 3.31. The fourth-order valence-corrected chi connectivity index (χ4v) is 2.80. The van der Waals surface area contributed by atoms with E-state index in [1.807, 2.05) is 24.3 Å². The Hall–Kier alpha value is -2.47. The summed E-state index contributed by atoms with van der Waals surface area (Å²) in [6, 6.07) is 11.5. The van der Waals surface area contributed by atoms with Crippen molar-refractivity contribution in [2.75, 3.05) is 6.54 Å². The zero-order valence-electron chi connectivity index (χ0n) is 13.1. The van der Waals surface area contributed by atoms with Crippen molar-refractivity contribution >= 4 is 32.9 Å². The van der Waals surface area contributed by atoms with Gasteiger partial charge in [0, 0.05) is 29.8 Å². The molecule has 3 aromatic rings. The Morgan fingerprint density at radius 3 is 2.83 bits per heavy atom. The maximum atomic E-state index is 12.1. The van der Waals surface area contributed by atoms with E-state index in [1.54, 1.807) is 24.5 Å². The van der Waals surface area contributed by atoms with Crippen LogP contribution in [0.1, 0.15) is 16.2 Å². The predicted molar refractivity (Wildman–Crippen MR) is 98.1 cm³/mol. The Balaban J connectivity index is 1.73. The van der Waals surface area contributed by atoms with Gasteiger partial charge >= 0.3 is 0 Å². The lowest BCUT2D eigenvalue weighted by atomic mass is 10.2. The Morgan fingerprint density at radius 2 is 2.08 bits per heavy atom. The number of hydrogen-bond donors (Lipinski definition) is 1. The van der Waals surface area contributed by atoms with E-state index in [1.165, 1.54) is 0 Å². The van der Waals surface area contributed by atoms with E-state index in [2.05, 4.69) is 42.4 Å². The van der Waals surface area contributed by atoms with Crippen LogP contribution in [0, 0.1) is 0 Å². The topological polar surface area (TPSA) is 59.8 Å². The fourth-order valence-electron chi connectivity index (χ4n) is 2.55. The van der Waals surface area contributed by atoms with Crippen LogP contribution < -0.4 is 5.32 Å². The summed E-state index contributed by atoms with van der Waals surface area (Å²) in [7, 11) is 0. The van der Waals surface area contributed by atoms with Crippen molar-refractivity contribution in [3.8, 4) is 0 Å². The van der Waals surface area contributed by atoms with Crippen molar-refractivity contribution in [1.82, 2.24) is 19.9 Å². The Morgan fingerprint density at radius 1 is 1.25 bits per heavy atom. The maximum Gasteiger partial charge on any atom is 0.252 e. The number of nitrogens with one attached hydrogen (secondary N) is 1. The number of benzene rings is 1. The maximum absolute atomic E-state index is 12.1. The van der Waals surface area contributed by atoms with Crippen LogP contribution in [0.3, 0.4) is 0 Å². The summed E-state index contributed by atoms with van der Waals surface area (Å²) in [4.78, 5) is 20.7. The van der Waals surface area contributed by atoms with Crippen molar-refractivity contribution in [3.05, 3.63) is 71.2 Å². The summed E-state index contributed by atoms with van der Waals surface area (Å²) in [5, 5.41) is 2.91. The standard InChI is InChI=1S/C18H17BrN4O/c1-13(19)12-23-16-7-3-2-6-15(16)22-17(23)8-10-21-18(24)14-5-4-9-20-11-14/h2-7,9,11H,1,8,10,12H2,(H,21,24). The molecule has 122 valence electrons. The van der Waals surface area contributed by atoms with Gasteiger partial charge in [0.2, 0.25) is 0 Å². The summed E-state index contributed by atoms with van der Waals surface area (Å²) in [5.41, 5.74) is 2.56. The number of rotatable bonds is 6. The van der Waals surface area contributed by atoms with Crippen molar-refractivity contribution < 1.29 is 4.79 Å². The molecule has 2 heterocycles. The van der Waals surface area contributed by atoms with Crippen LogP contribution in [0.15, 0.2) is 59.9 Å². The third-order valence-electron chi connectivity index (χ3n) is 3.62. The molecule has 0 radical (unpaired) electrons. The molecule has 0 aliphatic carbocycles. The number of hydrogen-bond acceptors (Lipinski definition) is 3.